The maximum atomic E-state index is 12.9. The summed E-state index contributed by atoms with van der Waals surface area (Å²) in [5, 5.41) is 10.3. The van der Waals surface area contributed by atoms with Gasteiger partial charge < -0.3 is 4.74 Å². The summed E-state index contributed by atoms with van der Waals surface area (Å²) in [6, 6.07) is 0.631. The molecule has 1 aromatic rings. The Hall–Kier alpha value is -1.86. The van der Waals surface area contributed by atoms with Gasteiger partial charge in [-0.15, -0.1) is 0 Å². The Kier molecular flexibility index (Phi) is 3.08. The van der Waals surface area contributed by atoms with Gasteiger partial charge in [0.15, 0.2) is 0 Å². The van der Waals surface area contributed by atoms with Crippen molar-refractivity contribution in [2.75, 3.05) is 7.11 Å². The third-order valence-corrected chi connectivity index (χ3v) is 1.56. The van der Waals surface area contributed by atoms with Crippen LogP contribution in [0.2, 0.25) is 0 Å². The molecule has 0 fully saturated rings. The molecule has 0 unspecified atom stereocenters. The minimum atomic E-state index is -3.02. The van der Waals surface area contributed by atoms with E-state index in [-0.39, 0.29) is 0 Å². The number of aromatic nitrogens is 1. The highest BCUT2D eigenvalue weighted by Crippen LogP contribution is 2.32. The number of pyridine rings is 1. The Bertz CT molecular complexity index is 397. The summed E-state index contributed by atoms with van der Waals surface area (Å²) in [4.78, 5) is 12.0. The fourth-order valence-electron chi connectivity index (χ4n) is 0.936. The van der Waals surface area contributed by atoms with Crippen molar-refractivity contribution >= 4 is 5.69 Å². The first kappa shape index (κ1) is 11.2. The van der Waals surface area contributed by atoms with Crippen molar-refractivity contribution in [2.45, 2.75) is 6.43 Å². The number of nitro groups is 1. The fourth-order valence-corrected chi connectivity index (χ4v) is 0.936. The average molecular weight is 222 g/mol. The van der Waals surface area contributed by atoms with E-state index in [9.17, 15) is 23.3 Å². The molecule has 82 valence electrons. The zero-order chi connectivity index (χ0) is 11.6. The van der Waals surface area contributed by atoms with Crippen molar-refractivity contribution in [3.8, 4) is 5.75 Å². The monoisotopic (exact) mass is 222 g/mol. The molecular weight excluding hydrogens is 217 g/mol. The minimum Gasteiger partial charge on any atom is -0.490 e. The van der Waals surface area contributed by atoms with E-state index >= 15 is 0 Å². The zero-order valence-electron chi connectivity index (χ0n) is 7.41. The van der Waals surface area contributed by atoms with Gasteiger partial charge in [0, 0.05) is 6.07 Å². The summed E-state index contributed by atoms with van der Waals surface area (Å²) in [7, 11) is 1.01. The van der Waals surface area contributed by atoms with Gasteiger partial charge in [-0.1, -0.05) is 0 Å². The van der Waals surface area contributed by atoms with Crippen LogP contribution < -0.4 is 4.74 Å². The SMILES string of the molecule is COc1cc(C(F)F)nc(F)c1[N+](=O)[O-]. The van der Waals surface area contributed by atoms with Gasteiger partial charge in [0.05, 0.1) is 12.0 Å². The zero-order valence-corrected chi connectivity index (χ0v) is 7.41. The van der Waals surface area contributed by atoms with Gasteiger partial charge in [0.2, 0.25) is 5.75 Å². The average Bonchev–Trinajstić information content (AvgIpc) is 2.15. The predicted molar refractivity (Wildman–Crippen MR) is 42.4 cm³/mol. The Labute approximate surface area is 81.6 Å². The quantitative estimate of drug-likeness (QED) is 0.446. The van der Waals surface area contributed by atoms with Crippen LogP contribution in [0.3, 0.4) is 0 Å². The lowest BCUT2D eigenvalue weighted by atomic mass is 10.3. The summed E-state index contributed by atoms with van der Waals surface area (Å²) < 4.78 is 41.6. The second-order valence-electron chi connectivity index (χ2n) is 2.45. The topological polar surface area (TPSA) is 65.3 Å². The van der Waals surface area contributed by atoms with Crippen molar-refractivity contribution < 1.29 is 22.8 Å². The lowest BCUT2D eigenvalue weighted by Gasteiger charge is -2.04. The Morgan fingerprint density at radius 2 is 2.20 bits per heavy atom. The molecule has 0 saturated heterocycles. The third kappa shape index (κ3) is 2.14. The van der Waals surface area contributed by atoms with E-state index in [2.05, 4.69) is 9.72 Å². The van der Waals surface area contributed by atoms with Crippen molar-refractivity contribution in [1.82, 2.24) is 4.98 Å². The number of methoxy groups -OCH3 is 1. The minimum absolute atomic E-state index is 0.581. The number of alkyl halides is 2. The van der Waals surface area contributed by atoms with E-state index in [4.69, 9.17) is 0 Å². The summed E-state index contributed by atoms with van der Waals surface area (Å²) in [6.45, 7) is 0. The lowest BCUT2D eigenvalue weighted by molar-refractivity contribution is -0.389. The van der Waals surface area contributed by atoms with Crippen molar-refractivity contribution in [1.29, 1.82) is 0 Å². The normalized spacial score (nSPS) is 10.5. The molecular formula is C7H5F3N2O3. The number of rotatable bonds is 3. The molecule has 1 rings (SSSR count). The van der Waals surface area contributed by atoms with Gasteiger partial charge in [-0.05, 0) is 0 Å². The van der Waals surface area contributed by atoms with Crippen LogP contribution >= 0.6 is 0 Å². The molecule has 0 N–H and O–H groups in total. The molecule has 0 bridgehead atoms. The number of hydrogen-bond donors (Lipinski definition) is 0. The first-order valence-corrected chi connectivity index (χ1v) is 3.64. The molecule has 0 aliphatic carbocycles. The van der Waals surface area contributed by atoms with Gasteiger partial charge in [-0.2, -0.15) is 4.39 Å². The number of halogens is 3. The highest BCUT2D eigenvalue weighted by atomic mass is 19.3. The van der Waals surface area contributed by atoms with Crippen LogP contribution in [0.25, 0.3) is 0 Å². The van der Waals surface area contributed by atoms with E-state index in [1.807, 2.05) is 0 Å². The van der Waals surface area contributed by atoms with Crippen molar-refractivity contribution in [3.05, 3.63) is 27.8 Å². The van der Waals surface area contributed by atoms with Crippen LogP contribution in [-0.4, -0.2) is 17.0 Å². The Balaban J connectivity index is 3.37. The van der Waals surface area contributed by atoms with Gasteiger partial charge in [-0.25, -0.2) is 13.8 Å². The number of hydrogen-bond acceptors (Lipinski definition) is 4. The van der Waals surface area contributed by atoms with E-state index in [0.29, 0.717) is 6.07 Å². The molecule has 8 heteroatoms. The lowest BCUT2D eigenvalue weighted by Crippen LogP contribution is -2.02. The second kappa shape index (κ2) is 4.11. The largest absolute Gasteiger partial charge is 0.490 e. The van der Waals surface area contributed by atoms with Gasteiger partial charge in [-0.3, -0.25) is 10.1 Å². The van der Waals surface area contributed by atoms with Crippen LogP contribution in [0, 0.1) is 16.1 Å². The third-order valence-electron chi connectivity index (χ3n) is 1.56. The predicted octanol–water partition coefficient (Wildman–Crippen LogP) is 2.08. The van der Waals surface area contributed by atoms with Crippen LogP contribution in [0.15, 0.2) is 6.07 Å². The summed E-state index contributed by atoms with van der Waals surface area (Å²) in [5.41, 5.74) is -1.96. The fraction of sp³-hybridized carbons (Fsp3) is 0.286. The van der Waals surface area contributed by atoms with Crippen LogP contribution in [0.4, 0.5) is 18.9 Å². The maximum Gasteiger partial charge on any atom is 0.365 e. The molecule has 0 radical (unpaired) electrons. The van der Waals surface area contributed by atoms with E-state index in [0.717, 1.165) is 7.11 Å². The number of nitrogens with zero attached hydrogens (tertiary/aromatic N) is 2. The molecule has 0 aliphatic heterocycles. The molecule has 0 saturated carbocycles. The highest BCUT2D eigenvalue weighted by molar-refractivity contribution is 5.46. The van der Waals surface area contributed by atoms with Crippen molar-refractivity contribution in [2.24, 2.45) is 0 Å². The van der Waals surface area contributed by atoms with Crippen LogP contribution in [-0.2, 0) is 0 Å². The van der Waals surface area contributed by atoms with Gasteiger partial charge in [0.1, 0.15) is 5.69 Å². The standard InChI is InChI=1S/C7H5F3N2O3/c1-15-4-2-3(6(8)9)11-7(10)5(4)12(13)14/h2,6H,1H3. The molecule has 0 atom stereocenters. The molecule has 1 heterocycles. The summed E-state index contributed by atoms with van der Waals surface area (Å²) in [6.07, 6.45) is -3.02. The van der Waals surface area contributed by atoms with Crippen molar-refractivity contribution in [3.63, 3.8) is 0 Å². The van der Waals surface area contributed by atoms with E-state index < -0.39 is 34.4 Å². The number of ether oxygens (including phenoxy) is 1. The molecule has 0 amide bonds. The summed E-state index contributed by atoms with van der Waals surface area (Å²) in [5.74, 6) is -2.17. The molecule has 0 aliphatic rings. The molecule has 5 nitrogen and oxygen atoms in total. The second-order valence-corrected chi connectivity index (χ2v) is 2.45. The molecule has 0 aromatic carbocycles. The smallest absolute Gasteiger partial charge is 0.365 e. The Morgan fingerprint density at radius 1 is 1.60 bits per heavy atom. The van der Waals surface area contributed by atoms with Crippen LogP contribution in [0.5, 0.6) is 5.75 Å². The summed E-state index contributed by atoms with van der Waals surface area (Å²) >= 11 is 0. The van der Waals surface area contributed by atoms with Gasteiger partial charge >= 0.3 is 5.69 Å². The highest BCUT2D eigenvalue weighted by Gasteiger charge is 2.26. The van der Waals surface area contributed by atoms with Gasteiger partial charge in [0.25, 0.3) is 12.4 Å². The molecule has 1 aromatic heterocycles. The Morgan fingerprint density at radius 3 is 2.60 bits per heavy atom. The molecule has 0 spiro atoms. The first-order chi connectivity index (χ1) is 6.97. The maximum absolute atomic E-state index is 12.9. The first-order valence-electron chi connectivity index (χ1n) is 3.64. The van der Waals surface area contributed by atoms with E-state index in [1.165, 1.54) is 0 Å². The van der Waals surface area contributed by atoms with Crippen LogP contribution in [0.1, 0.15) is 12.1 Å². The van der Waals surface area contributed by atoms with E-state index in [1.54, 1.807) is 0 Å². The molecule has 15 heavy (non-hydrogen) atoms.